The van der Waals surface area contributed by atoms with Gasteiger partial charge < -0.3 is 33.8 Å². The molecule has 19 heteroatoms. The first-order chi connectivity index (χ1) is 41.0. The van der Waals surface area contributed by atoms with Crippen LogP contribution in [-0.4, -0.2) is 96.7 Å². The molecule has 0 aliphatic rings. The van der Waals surface area contributed by atoms with Crippen LogP contribution >= 0.6 is 15.6 Å². The first-order valence-electron chi connectivity index (χ1n) is 34.6. The predicted molar refractivity (Wildman–Crippen MR) is 340 cm³/mol. The smallest absolute Gasteiger partial charge is 0.462 e. The summed E-state index contributed by atoms with van der Waals surface area (Å²) in [4.78, 5) is 72.1. The van der Waals surface area contributed by atoms with Crippen LogP contribution in [0.4, 0.5) is 0 Å². The van der Waals surface area contributed by atoms with Gasteiger partial charge in [0.15, 0.2) is 12.2 Å². The summed E-state index contributed by atoms with van der Waals surface area (Å²) in [5.74, 6) is -1.36. The molecule has 0 aromatic rings. The molecule has 0 heterocycles. The number of ether oxygens (including phenoxy) is 4. The minimum absolute atomic E-state index is 0.106. The van der Waals surface area contributed by atoms with Crippen molar-refractivity contribution in [3.63, 3.8) is 0 Å². The molecule has 0 rings (SSSR count). The van der Waals surface area contributed by atoms with E-state index in [4.69, 9.17) is 37.0 Å². The van der Waals surface area contributed by atoms with E-state index in [9.17, 15) is 43.2 Å². The zero-order valence-electron chi connectivity index (χ0n) is 54.7. The third-order valence-corrected chi connectivity index (χ3v) is 17.2. The molecule has 0 saturated carbocycles. The molecular weight excluding hydrogens is 1130 g/mol. The lowest BCUT2D eigenvalue weighted by atomic mass is 10.0. The Hall–Kier alpha value is -1.94. The lowest BCUT2D eigenvalue weighted by Crippen LogP contribution is -2.30. The summed E-state index contributed by atoms with van der Waals surface area (Å²) in [6.07, 6.45) is 44.7. The van der Waals surface area contributed by atoms with E-state index in [0.717, 1.165) is 102 Å². The summed E-state index contributed by atoms with van der Waals surface area (Å²) in [6.45, 7) is 7.14. The zero-order chi connectivity index (χ0) is 62.8. The van der Waals surface area contributed by atoms with E-state index in [2.05, 4.69) is 34.6 Å². The number of phosphoric ester groups is 2. The first-order valence-corrected chi connectivity index (χ1v) is 37.6. The number of rotatable bonds is 66. The highest BCUT2D eigenvalue weighted by atomic mass is 31.2. The molecule has 17 nitrogen and oxygen atoms in total. The summed E-state index contributed by atoms with van der Waals surface area (Å²) >= 11 is 0. The number of phosphoric acid groups is 2. The fourth-order valence-corrected chi connectivity index (χ4v) is 11.5. The van der Waals surface area contributed by atoms with Crippen molar-refractivity contribution < 1.29 is 80.2 Å². The largest absolute Gasteiger partial charge is 0.472 e. The minimum Gasteiger partial charge on any atom is -0.462 e. The molecule has 0 radical (unpaired) electrons. The molecule has 5 atom stereocenters. The third kappa shape index (κ3) is 60.7. The Morgan fingerprint density at radius 1 is 0.318 bits per heavy atom. The van der Waals surface area contributed by atoms with Crippen molar-refractivity contribution in [3.8, 4) is 0 Å². The Kier molecular flexibility index (Phi) is 58.3. The fraction of sp³-hybridized carbons (Fsp3) is 0.939. The van der Waals surface area contributed by atoms with E-state index in [0.29, 0.717) is 25.7 Å². The topological polar surface area (TPSA) is 237 Å². The van der Waals surface area contributed by atoms with Crippen LogP contribution in [0.2, 0.25) is 0 Å². The minimum atomic E-state index is -4.95. The van der Waals surface area contributed by atoms with E-state index in [1.807, 2.05) is 0 Å². The molecular formula is C66H128O17P2. The van der Waals surface area contributed by atoms with Crippen LogP contribution in [0.25, 0.3) is 0 Å². The molecule has 504 valence electrons. The second-order valence-corrected chi connectivity index (χ2v) is 27.2. The van der Waals surface area contributed by atoms with E-state index in [1.54, 1.807) is 0 Å². The van der Waals surface area contributed by atoms with Crippen LogP contribution < -0.4 is 0 Å². The number of hydrogen-bond donors (Lipinski definition) is 3. The van der Waals surface area contributed by atoms with Gasteiger partial charge in [-0.05, 0) is 31.6 Å². The summed E-state index contributed by atoms with van der Waals surface area (Å²) in [5, 5.41) is 10.5. The summed E-state index contributed by atoms with van der Waals surface area (Å²) < 4.78 is 67.9. The standard InChI is InChI=1S/C66H128O17P2/c1-6-9-12-15-17-19-21-22-23-28-31-35-40-45-50-64(69)77-56-62(83-66(71)52-47-42-37-33-29-25-24-27-30-34-39-43-48-59(4)5)58-81-85(74,75)79-54-60(67)53-78-84(72,73)80-57-61(55-76-63(68)49-44-38-14-11-8-3)82-65(70)51-46-41-36-32-26-20-18-16-13-10-7-2/h59-62,67H,6-58H2,1-5H3,(H,72,73)(H,74,75)/t60-,61+,62+/m0/s1. The monoisotopic (exact) mass is 1250 g/mol. The highest BCUT2D eigenvalue weighted by molar-refractivity contribution is 7.47. The Labute approximate surface area is 517 Å². The number of esters is 4. The van der Waals surface area contributed by atoms with Gasteiger partial charge in [0.2, 0.25) is 0 Å². The molecule has 85 heavy (non-hydrogen) atoms. The van der Waals surface area contributed by atoms with Crippen molar-refractivity contribution >= 4 is 39.5 Å². The second-order valence-electron chi connectivity index (χ2n) is 24.3. The van der Waals surface area contributed by atoms with Gasteiger partial charge in [-0.15, -0.1) is 0 Å². The Balaban J connectivity index is 5.17. The zero-order valence-corrected chi connectivity index (χ0v) is 56.5. The van der Waals surface area contributed by atoms with Gasteiger partial charge in [0, 0.05) is 25.7 Å². The SMILES string of the molecule is CCCCCCCCCCCCCCCCC(=O)OC[C@H](COP(=O)(O)OC[C@@H](O)COP(=O)(O)OC[C@@H](COC(=O)CCCCCCC)OC(=O)CCCCCCCCCCCCC)OC(=O)CCCCCCCCCCCCCCC(C)C. The third-order valence-electron chi connectivity index (χ3n) is 15.3. The van der Waals surface area contributed by atoms with Crippen LogP contribution in [0.1, 0.15) is 336 Å². The normalized spacial score (nSPS) is 14.2. The molecule has 0 bridgehead atoms. The number of aliphatic hydroxyl groups is 1. The van der Waals surface area contributed by atoms with Gasteiger partial charge in [-0.25, -0.2) is 9.13 Å². The first kappa shape index (κ1) is 83.1. The van der Waals surface area contributed by atoms with Gasteiger partial charge in [-0.3, -0.25) is 37.3 Å². The molecule has 0 amide bonds. The van der Waals surface area contributed by atoms with Gasteiger partial charge in [-0.2, -0.15) is 0 Å². The molecule has 0 spiro atoms. The Morgan fingerprint density at radius 2 is 0.541 bits per heavy atom. The molecule has 0 fully saturated rings. The number of carbonyl (C=O) groups excluding carboxylic acids is 4. The van der Waals surface area contributed by atoms with Crippen LogP contribution in [0.3, 0.4) is 0 Å². The average Bonchev–Trinajstić information content (AvgIpc) is 3.54. The number of aliphatic hydroxyl groups excluding tert-OH is 1. The second kappa shape index (κ2) is 59.7. The van der Waals surface area contributed by atoms with Gasteiger partial charge in [0.25, 0.3) is 0 Å². The highest BCUT2D eigenvalue weighted by Crippen LogP contribution is 2.45. The highest BCUT2D eigenvalue weighted by Gasteiger charge is 2.30. The van der Waals surface area contributed by atoms with Crippen LogP contribution in [0.5, 0.6) is 0 Å². The van der Waals surface area contributed by atoms with E-state index >= 15 is 0 Å². The number of hydrogen-bond acceptors (Lipinski definition) is 15. The van der Waals surface area contributed by atoms with Crippen LogP contribution in [-0.2, 0) is 65.4 Å². The Morgan fingerprint density at radius 3 is 0.800 bits per heavy atom. The van der Waals surface area contributed by atoms with Crippen molar-refractivity contribution in [1.82, 2.24) is 0 Å². The van der Waals surface area contributed by atoms with E-state index in [1.165, 1.54) is 154 Å². The number of carbonyl (C=O) groups is 4. The van der Waals surface area contributed by atoms with Crippen molar-refractivity contribution in [3.05, 3.63) is 0 Å². The molecule has 0 aromatic carbocycles. The lowest BCUT2D eigenvalue weighted by Gasteiger charge is -2.21. The fourth-order valence-electron chi connectivity index (χ4n) is 9.94. The molecule has 2 unspecified atom stereocenters. The van der Waals surface area contributed by atoms with Crippen molar-refractivity contribution in [2.45, 2.75) is 355 Å². The maximum atomic E-state index is 13.0. The van der Waals surface area contributed by atoms with Gasteiger partial charge in [0.05, 0.1) is 26.4 Å². The molecule has 0 saturated heterocycles. The molecule has 0 aliphatic carbocycles. The predicted octanol–water partition coefficient (Wildman–Crippen LogP) is 18.6. The molecule has 3 N–H and O–H groups in total. The van der Waals surface area contributed by atoms with Gasteiger partial charge in [0.1, 0.15) is 19.3 Å². The summed E-state index contributed by atoms with van der Waals surface area (Å²) in [5.41, 5.74) is 0. The molecule has 0 aromatic heterocycles. The van der Waals surface area contributed by atoms with Crippen LogP contribution in [0, 0.1) is 5.92 Å². The van der Waals surface area contributed by atoms with E-state index < -0.39 is 97.5 Å². The van der Waals surface area contributed by atoms with E-state index in [-0.39, 0.29) is 25.7 Å². The van der Waals surface area contributed by atoms with Crippen molar-refractivity contribution in [2.24, 2.45) is 5.92 Å². The Bertz CT molecular complexity index is 1650. The quantitative estimate of drug-likeness (QED) is 0.0222. The number of unbranched alkanes of at least 4 members (excludes halogenated alkanes) is 38. The lowest BCUT2D eigenvalue weighted by molar-refractivity contribution is -0.161. The van der Waals surface area contributed by atoms with Gasteiger partial charge in [-0.1, -0.05) is 285 Å². The molecule has 0 aliphatic heterocycles. The maximum absolute atomic E-state index is 13.0. The van der Waals surface area contributed by atoms with Gasteiger partial charge >= 0.3 is 39.5 Å². The average molecular weight is 1260 g/mol. The maximum Gasteiger partial charge on any atom is 0.472 e. The van der Waals surface area contributed by atoms with Crippen molar-refractivity contribution in [1.29, 1.82) is 0 Å². The van der Waals surface area contributed by atoms with Crippen LogP contribution in [0.15, 0.2) is 0 Å². The summed E-state index contributed by atoms with van der Waals surface area (Å²) in [7, 11) is -9.88. The summed E-state index contributed by atoms with van der Waals surface area (Å²) in [6, 6.07) is 0. The van der Waals surface area contributed by atoms with Crippen molar-refractivity contribution in [2.75, 3.05) is 39.6 Å².